The molecule has 1 heteroatoms. The Morgan fingerprint density at radius 3 is 2.71 bits per heavy atom. The van der Waals surface area contributed by atoms with Gasteiger partial charge < -0.3 is 5.11 Å². The molecule has 2 atom stereocenters. The van der Waals surface area contributed by atoms with E-state index < -0.39 is 5.60 Å². The highest BCUT2D eigenvalue weighted by Gasteiger charge is 2.40. The third kappa shape index (κ3) is 2.26. The predicted molar refractivity (Wildman–Crippen MR) is 72.0 cm³/mol. The van der Waals surface area contributed by atoms with Crippen LogP contribution in [0.4, 0.5) is 0 Å². The van der Waals surface area contributed by atoms with Gasteiger partial charge in [0.2, 0.25) is 0 Å². The summed E-state index contributed by atoms with van der Waals surface area (Å²) >= 11 is 0. The standard InChI is InChI=1S/C16H24O/c1-3-13-9-5-6-11-15(13)16(17)12-8-7-10-14(16)4-2/h5-6,9,11,14,17H,3-4,7-8,10,12H2,1-2H3. The van der Waals surface area contributed by atoms with Crippen molar-refractivity contribution < 1.29 is 5.11 Å². The monoisotopic (exact) mass is 232 g/mol. The van der Waals surface area contributed by atoms with Gasteiger partial charge in [0.25, 0.3) is 0 Å². The first-order valence-electron chi connectivity index (χ1n) is 7.03. The maximum Gasteiger partial charge on any atom is 0.0927 e. The average Bonchev–Trinajstić information content (AvgIpc) is 2.39. The smallest absolute Gasteiger partial charge is 0.0927 e. The van der Waals surface area contributed by atoms with Crippen LogP contribution in [0.25, 0.3) is 0 Å². The van der Waals surface area contributed by atoms with E-state index in [1.165, 1.54) is 24.0 Å². The van der Waals surface area contributed by atoms with Gasteiger partial charge in [0.15, 0.2) is 0 Å². The highest BCUT2D eigenvalue weighted by molar-refractivity contribution is 5.33. The Labute approximate surface area is 105 Å². The van der Waals surface area contributed by atoms with Crippen molar-refractivity contribution in [2.24, 2.45) is 5.92 Å². The third-order valence-corrected chi connectivity index (χ3v) is 4.39. The van der Waals surface area contributed by atoms with E-state index in [1.54, 1.807) is 0 Å². The van der Waals surface area contributed by atoms with Gasteiger partial charge in [-0.1, -0.05) is 57.4 Å². The molecule has 1 aromatic rings. The number of aliphatic hydroxyl groups is 1. The summed E-state index contributed by atoms with van der Waals surface area (Å²) in [6.45, 7) is 4.38. The van der Waals surface area contributed by atoms with Crippen LogP contribution >= 0.6 is 0 Å². The highest BCUT2D eigenvalue weighted by Crippen LogP contribution is 2.44. The molecule has 1 aliphatic rings. The van der Waals surface area contributed by atoms with Crippen LogP contribution in [0.3, 0.4) is 0 Å². The van der Waals surface area contributed by atoms with E-state index >= 15 is 0 Å². The molecule has 0 spiro atoms. The Morgan fingerprint density at radius 1 is 1.24 bits per heavy atom. The summed E-state index contributed by atoms with van der Waals surface area (Å²) in [6, 6.07) is 8.44. The highest BCUT2D eigenvalue weighted by atomic mass is 16.3. The minimum atomic E-state index is -0.570. The van der Waals surface area contributed by atoms with Gasteiger partial charge >= 0.3 is 0 Å². The van der Waals surface area contributed by atoms with Gasteiger partial charge in [0.1, 0.15) is 0 Å². The van der Waals surface area contributed by atoms with Gasteiger partial charge in [-0.05, 0) is 36.3 Å². The minimum absolute atomic E-state index is 0.434. The molecular weight excluding hydrogens is 208 g/mol. The first-order valence-corrected chi connectivity index (χ1v) is 7.03. The van der Waals surface area contributed by atoms with E-state index in [0.29, 0.717) is 5.92 Å². The molecule has 0 heterocycles. The summed E-state index contributed by atoms with van der Waals surface area (Å²) in [5, 5.41) is 11.1. The van der Waals surface area contributed by atoms with Crippen LogP contribution in [0, 0.1) is 5.92 Å². The van der Waals surface area contributed by atoms with Crippen LogP contribution in [-0.2, 0) is 12.0 Å². The lowest BCUT2D eigenvalue weighted by molar-refractivity contribution is -0.0563. The lowest BCUT2D eigenvalue weighted by Gasteiger charge is -2.41. The lowest BCUT2D eigenvalue weighted by atomic mass is 9.69. The molecular formula is C16H24O. The van der Waals surface area contributed by atoms with Gasteiger partial charge in [-0.2, -0.15) is 0 Å². The molecule has 1 aromatic carbocycles. The van der Waals surface area contributed by atoms with Crippen LogP contribution in [0.15, 0.2) is 24.3 Å². The SMILES string of the molecule is CCc1ccccc1C1(O)CCCCC1CC. The predicted octanol–water partition coefficient (Wildman–Crippen LogP) is 4.04. The van der Waals surface area contributed by atoms with E-state index in [9.17, 15) is 5.11 Å². The maximum atomic E-state index is 11.1. The van der Waals surface area contributed by atoms with E-state index in [0.717, 1.165) is 25.7 Å². The number of hydrogen-bond acceptors (Lipinski definition) is 1. The molecule has 1 fully saturated rings. The molecule has 2 rings (SSSR count). The fourth-order valence-corrected chi connectivity index (χ4v) is 3.38. The van der Waals surface area contributed by atoms with Crippen molar-refractivity contribution in [2.45, 2.75) is 58.0 Å². The molecule has 94 valence electrons. The van der Waals surface area contributed by atoms with Crippen molar-refractivity contribution in [2.75, 3.05) is 0 Å². The third-order valence-electron chi connectivity index (χ3n) is 4.39. The van der Waals surface area contributed by atoms with Crippen LogP contribution < -0.4 is 0 Å². The molecule has 17 heavy (non-hydrogen) atoms. The fourth-order valence-electron chi connectivity index (χ4n) is 3.38. The van der Waals surface area contributed by atoms with Crippen molar-refractivity contribution in [3.05, 3.63) is 35.4 Å². The summed E-state index contributed by atoms with van der Waals surface area (Å²) in [6.07, 6.45) is 6.62. The Bertz CT molecular complexity index is 372. The van der Waals surface area contributed by atoms with Crippen molar-refractivity contribution in [1.29, 1.82) is 0 Å². The maximum absolute atomic E-state index is 11.1. The molecule has 0 saturated heterocycles. The molecule has 0 aliphatic heterocycles. The number of rotatable bonds is 3. The molecule has 1 saturated carbocycles. The summed E-state index contributed by atoms with van der Waals surface area (Å²) in [5.41, 5.74) is 1.93. The molecule has 2 unspecified atom stereocenters. The Hall–Kier alpha value is -0.820. The molecule has 1 aliphatic carbocycles. The van der Waals surface area contributed by atoms with Gasteiger partial charge in [-0.3, -0.25) is 0 Å². The quantitative estimate of drug-likeness (QED) is 0.834. The summed E-state index contributed by atoms with van der Waals surface area (Å²) in [5.74, 6) is 0.434. The molecule has 1 N–H and O–H groups in total. The van der Waals surface area contributed by atoms with Crippen molar-refractivity contribution in [3.8, 4) is 0 Å². The first kappa shape index (κ1) is 12.6. The van der Waals surface area contributed by atoms with Gasteiger partial charge in [0, 0.05) is 0 Å². The van der Waals surface area contributed by atoms with Crippen LogP contribution in [0.1, 0.15) is 57.1 Å². The summed E-state index contributed by atoms with van der Waals surface area (Å²) < 4.78 is 0. The molecule has 1 nitrogen and oxygen atoms in total. The Morgan fingerprint density at radius 2 is 2.00 bits per heavy atom. The Kier molecular flexibility index (Phi) is 3.88. The zero-order valence-corrected chi connectivity index (χ0v) is 11.1. The van der Waals surface area contributed by atoms with E-state index in [4.69, 9.17) is 0 Å². The number of benzene rings is 1. The second-order valence-electron chi connectivity index (χ2n) is 5.29. The van der Waals surface area contributed by atoms with Crippen LogP contribution in [0.2, 0.25) is 0 Å². The fraction of sp³-hybridized carbons (Fsp3) is 0.625. The zero-order valence-electron chi connectivity index (χ0n) is 11.1. The largest absolute Gasteiger partial charge is 0.385 e. The average molecular weight is 232 g/mol. The molecule has 0 radical (unpaired) electrons. The second-order valence-corrected chi connectivity index (χ2v) is 5.29. The number of aryl methyl sites for hydroxylation is 1. The minimum Gasteiger partial charge on any atom is -0.385 e. The topological polar surface area (TPSA) is 20.2 Å². The van der Waals surface area contributed by atoms with Crippen molar-refractivity contribution in [1.82, 2.24) is 0 Å². The van der Waals surface area contributed by atoms with E-state index in [1.807, 2.05) is 0 Å². The van der Waals surface area contributed by atoms with Crippen LogP contribution in [-0.4, -0.2) is 5.11 Å². The summed E-state index contributed by atoms with van der Waals surface area (Å²) in [7, 11) is 0. The lowest BCUT2D eigenvalue weighted by Crippen LogP contribution is -2.38. The van der Waals surface area contributed by atoms with Crippen molar-refractivity contribution >= 4 is 0 Å². The molecule has 0 bridgehead atoms. The molecule has 0 amide bonds. The first-order chi connectivity index (χ1) is 8.22. The van der Waals surface area contributed by atoms with E-state index in [-0.39, 0.29) is 0 Å². The molecule has 0 aromatic heterocycles. The van der Waals surface area contributed by atoms with Crippen molar-refractivity contribution in [3.63, 3.8) is 0 Å². The second kappa shape index (κ2) is 5.22. The normalized spacial score (nSPS) is 29.2. The zero-order chi connectivity index (χ0) is 12.3. The van der Waals surface area contributed by atoms with Gasteiger partial charge in [-0.25, -0.2) is 0 Å². The van der Waals surface area contributed by atoms with Gasteiger partial charge in [-0.15, -0.1) is 0 Å². The summed E-state index contributed by atoms with van der Waals surface area (Å²) in [4.78, 5) is 0. The number of hydrogen-bond donors (Lipinski definition) is 1. The Balaban J connectivity index is 2.41. The van der Waals surface area contributed by atoms with Crippen LogP contribution in [0.5, 0.6) is 0 Å². The van der Waals surface area contributed by atoms with E-state index in [2.05, 4.69) is 38.1 Å². The van der Waals surface area contributed by atoms with Gasteiger partial charge in [0.05, 0.1) is 5.60 Å².